The van der Waals surface area contributed by atoms with E-state index in [0.29, 0.717) is 18.4 Å². The van der Waals surface area contributed by atoms with E-state index in [9.17, 15) is 0 Å². The quantitative estimate of drug-likeness (QED) is 0.787. The van der Waals surface area contributed by atoms with Crippen LogP contribution >= 0.6 is 0 Å². The largest absolute Gasteiger partial charge is 0.496 e. The van der Waals surface area contributed by atoms with Crippen molar-refractivity contribution < 1.29 is 13.9 Å². The first kappa shape index (κ1) is 12.5. The molecule has 1 aromatic heterocycles. The lowest BCUT2D eigenvalue weighted by atomic mass is 10.1. The molecule has 0 saturated heterocycles. The first-order valence-corrected chi connectivity index (χ1v) is 6.03. The van der Waals surface area contributed by atoms with Gasteiger partial charge in [0.05, 0.1) is 13.7 Å². The minimum absolute atomic E-state index is 0.479. The molecule has 2 aromatic rings. The Morgan fingerprint density at radius 3 is 2.83 bits per heavy atom. The van der Waals surface area contributed by atoms with Gasteiger partial charge in [-0.2, -0.15) is 0 Å². The highest BCUT2D eigenvalue weighted by molar-refractivity contribution is 5.33. The fourth-order valence-electron chi connectivity index (χ4n) is 1.77. The van der Waals surface area contributed by atoms with E-state index in [1.807, 2.05) is 31.2 Å². The first-order chi connectivity index (χ1) is 8.83. The zero-order valence-corrected chi connectivity index (χ0v) is 10.7. The molecule has 4 heteroatoms. The molecule has 0 atom stereocenters. The average Bonchev–Trinajstić information content (AvgIpc) is 2.85. The number of oxazole rings is 1. The average molecular weight is 247 g/mol. The zero-order valence-electron chi connectivity index (χ0n) is 10.7. The summed E-state index contributed by atoms with van der Waals surface area (Å²) in [4.78, 5) is 4.17. The Balaban J connectivity index is 1.97. The molecule has 0 aliphatic rings. The Hall–Kier alpha value is -1.97. The summed E-state index contributed by atoms with van der Waals surface area (Å²) in [5, 5.41) is 0. The number of rotatable bonds is 6. The van der Waals surface area contributed by atoms with Gasteiger partial charge in [0, 0.05) is 6.42 Å². The molecule has 18 heavy (non-hydrogen) atoms. The first-order valence-electron chi connectivity index (χ1n) is 6.03. The van der Waals surface area contributed by atoms with Crippen LogP contribution in [-0.4, -0.2) is 18.7 Å². The fraction of sp³-hybridized carbons (Fsp3) is 0.357. The second kappa shape index (κ2) is 6.10. The third kappa shape index (κ3) is 3.03. The predicted molar refractivity (Wildman–Crippen MR) is 68.1 cm³/mol. The van der Waals surface area contributed by atoms with Crippen LogP contribution in [0.2, 0.25) is 0 Å². The Labute approximate surface area is 107 Å². The van der Waals surface area contributed by atoms with E-state index in [0.717, 1.165) is 24.2 Å². The zero-order chi connectivity index (χ0) is 12.8. The normalized spacial score (nSPS) is 10.3. The van der Waals surface area contributed by atoms with Gasteiger partial charge in [0.2, 0.25) is 0 Å². The van der Waals surface area contributed by atoms with Crippen LogP contribution in [0.1, 0.15) is 18.4 Å². The van der Waals surface area contributed by atoms with Gasteiger partial charge in [-0.3, -0.25) is 0 Å². The maximum absolute atomic E-state index is 5.45. The SMILES string of the molecule is CCOc1cnc(CCc2ccccc2OC)o1. The number of ether oxygens (including phenoxy) is 2. The Bertz CT molecular complexity index is 493. The summed E-state index contributed by atoms with van der Waals surface area (Å²) in [5.74, 6) is 2.06. The Kier molecular flexibility index (Phi) is 4.23. The number of nitrogens with zero attached hydrogens (tertiary/aromatic N) is 1. The maximum Gasteiger partial charge on any atom is 0.305 e. The van der Waals surface area contributed by atoms with Crippen molar-refractivity contribution in [2.45, 2.75) is 19.8 Å². The second-order valence-electron chi connectivity index (χ2n) is 3.82. The van der Waals surface area contributed by atoms with E-state index in [1.165, 1.54) is 0 Å². The van der Waals surface area contributed by atoms with Crippen molar-refractivity contribution in [3.8, 4) is 11.7 Å². The number of methoxy groups -OCH3 is 1. The van der Waals surface area contributed by atoms with Crippen molar-refractivity contribution in [1.82, 2.24) is 4.98 Å². The molecule has 1 heterocycles. The molecule has 0 unspecified atom stereocenters. The van der Waals surface area contributed by atoms with Crippen LogP contribution in [0.5, 0.6) is 11.7 Å². The molecule has 0 amide bonds. The van der Waals surface area contributed by atoms with E-state index in [4.69, 9.17) is 13.9 Å². The molecule has 0 radical (unpaired) electrons. The molecule has 0 N–H and O–H groups in total. The van der Waals surface area contributed by atoms with Crippen LogP contribution in [0.3, 0.4) is 0 Å². The van der Waals surface area contributed by atoms with Gasteiger partial charge >= 0.3 is 5.95 Å². The van der Waals surface area contributed by atoms with Crippen molar-refractivity contribution in [3.63, 3.8) is 0 Å². The van der Waals surface area contributed by atoms with Gasteiger partial charge in [0.15, 0.2) is 5.89 Å². The minimum atomic E-state index is 0.479. The Morgan fingerprint density at radius 1 is 1.22 bits per heavy atom. The molecular formula is C14H17NO3. The van der Waals surface area contributed by atoms with Gasteiger partial charge < -0.3 is 13.9 Å². The predicted octanol–water partition coefficient (Wildman–Crippen LogP) is 2.87. The highest BCUT2D eigenvalue weighted by Gasteiger charge is 2.07. The van der Waals surface area contributed by atoms with Gasteiger partial charge in [-0.05, 0) is 25.0 Å². The lowest BCUT2D eigenvalue weighted by Crippen LogP contribution is -1.95. The number of hydrogen-bond donors (Lipinski definition) is 0. The molecule has 0 fully saturated rings. The van der Waals surface area contributed by atoms with Crippen LogP contribution in [-0.2, 0) is 12.8 Å². The van der Waals surface area contributed by atoms with E-state index in [-0.39, 0.29) is 0 Å². The van der Waals surface area contributed by atoms with E-state index in [2.05, 4.69) is 4.98 Å². The summed E-state index contributed by atoms with van der Waals surface area (Å²) in [6.07, 6.45) is 3.17. The molecule has 0 spiro atoms. The molecule has 1 aromatic carbocycles. The molecule has 0 saturated carbocycles. The molecule has 0 aliphatic heterocycles. The summed E-state index contributed by atoms with van der Waals surface area (Å²) in [7, 11) is 1.68. The van der Waals surface area contributed by atoms with Crippen LogP contribution in [0.15, 0.2) is 34.9 Å². The van der Waals surface area contributed by atoms with Gasteiger partial charge in [0.1, 0.15) is 11.9 Å². The lowest BCUT2D eigenvalue weighted by molar-refractivity contribution is 0.250. The van der Waals surface area contributed by atoms with E-state index in [1.54, 1.807) is 13.3 Å². The molecular weight excluding hydrogens is 230 g/mol. The molecule has 96 valence electrons. The molecule has 0 bridgehead atoms. The van der Waals surface area contributed by atoms with Crippen LogP contribution < -0.4 is 9.47 Å². The summed E-state index contributed by atoms with van der Waals surface area (Å²) in [6.45, 7) is 2.50. The topological polar surface area (TPSA) is 44.5 Å². The number of aromatic nitrogens is 1. The van der Waals surface area contributed by atoms with E-state index >= 15 is 0 Å². The summed E-state index contributed by atoms with van der Waals surface area (Å²) in [6, 6.07) is 7.96. The maximum atomic E-state index is 5.45. The summed E-state index contributed by atoms with van der Waals surface area (Å²) >= 11 is 0. The monoisotopic (exact) mass is 247 g/mol. The van der Waals surface area contributed by atoms with Crippen LogP contribution in [0, 0.1) is 0 Å². The lowest BCUT2D eigenvalue weighted by Gasteiger charge is -2.06. The number of para-hydroxylation sites is 1. The third-order valence-corrected chi connectivity index (χ3v) is 2.62. The number of benzene rings is 1. The number of aryl methyl sites for hydroxylation is 2. The second-order valence-corrected chi connectivity index (χ2v) is 3.82. The molecule has 2 rings (SSSR count). The van der Waals surface area contributed by atoms with Crippen LogP contribution in [0.25, 0.3) is 0 Å². The Morgan fingerprint density at radius 2 is 2.06 bits per heavy atom. The number of hydrogen-bond acceptors (Lipinski definition) is 4. The minimum Gasteiger partial charge on any atom is -0.496 e. The van der Waals surface area contributed by atoms with Gasteiger partial charge in [-0.25, -0.2) is 4.98 Å². The highest BCUT2D eigenvalue weighted by Crippen LogP contribution is 2.20. The molecule has 4 nitrogen and oxygen atoms in total. The van der Waals surface area contributed by atoms with Gasteiger partial charge in [0.25, 0.3) is 0 Å². The van der Waals surface area contributed by atoms with Gasteiger partial charge in [-0.15, -0.1) is 0 Å². The van der Waals surface area contributed by atoms with Crippen molar-refractivity contribution >= 4 is 0 Å². The molecule has 0 aliphatic carbocycles. The van der Waals surface area contributed by atoms with Crippen molar-refractivity contribution in [2.75, 3.05) is 13.7 Å². The van der Waals surface area contributed by atoms with Gasteiger partial charge in [-0.1, -0.05) is 18.2 Å². The van der Waals surface area contributed by atoms with Crippen molar-refractivity contribution in [3.05, 3.63) is 41.9 Å². The van der Waals surface area contributed by atoms with E-state index < -0.39 is 0 Å². The smallest absolute Gasteiger partial charge is 0.305 e. The standard InChI is InChI=1S/C14H17NO3/c1-3-17-14-10-15-13(18-14)9-8-11-6-4-5-7-12(11)16-2/h4-7,10H,3,8-9H2,1-2H3. The summed E-state index contributed by atoms with van der Waals surface area (Å²) < 4.78 is 16.0. The fourth-order valence-corrected chi connectivity index (χ4v) is 1.77. The van der Waals surface area contributed by atoms with Crippen molar-refractivity contribution in [1.29, 1.82) is 0 Å². The van der Waals surface area contributed by atoms with Crippen LogP contribution in [0.4, 0.5) is 0 Å². The highest BCUT2D eigenvalue weighted by atomic mass is 16.6. The third-order valence-electron chi connectivity index (χ3n) is 2.62. The summed E-state index contributed by atoms with van der Waals surface area (Å²) in [5.41, 5.74) is 1.15. The van der Waals surface area contributed by atoms with Crippen molar-refractivity contribution in [2.24, 2.45) is 0 Å².